The van der Waals surface area contributed by atoms with Crippen LogP contribution in [0.3, 0.4) is 0 Å². The summed E-state index contributed by atoms with van der Waals surface area (Å²) in [7, 11) is 1.43. The van der Waals surface area contributed by atoms with Crippen LogP contribution in [0, 0.1) is 0 Å². The van der Waals surface area contributed by atoms with Gasteiger partial charge < -0.3 is 10.1 Å². The van der Waals surface area contributed by atoms with E-state index in [0.717, 1.165) is 23.2 Å². The van der Waals surface area contributed by atoms with Gasteiger partial charge in [0.25, 0.3) is 0 Å². The minimum absolute atomic E-state index is 0.204. The van der Waals surface area contributed by atoms with E-state index in [4.69, 9.17) is 4.74 Å². The Labute approximate surface area is 127 Å². The number of ether oxygens (including phenoxy) is 1. The van der Waals surface area contributed by atoms with Gasteiger partial charge in [-0.1, -0.05) is 28.9 Å². The van der Waals surface area contributed by atoms with Crippen molar-refractivity contribution in [2.45, 2.75) is 30.7 Å². The lowest BCUT2D eigenvalue weighted by molar-refractivity contribution is -0.147. The summed E-state index contributed by atoms with van der Waals surface area (Å²) in [6.45, 7) is 4.62. The molecule has 0 radical (unpaired) electrons. The molecule has 1 rings (SSSR count). The smallest absolute Gasteiger partial charge is 0.325 e. The molecule has 0 bridgehead atoms. The molecule has 1 unspecified atom stereocenters. The summed E-state index contributed by atoms with van der Waals surface area (Å²) in [5, 5.41) is 3.21. The highest BCUT2D eigenvalue weighted by Crippen LogP contribution is 2.25. The van der Waals surface area contributed by atoms with Crippen molar-refractivity contribution in [3.05, 3.63) is 28.7 Å². The molecule has 0 heterocycles. The lowest BCUT2D eigenvalue weighted by Gasteiger charge is -2.27. The number of likely N-dealkylation sites (N-methyl/N-ethyl adjacent to an activating group) is 1. The Balaban J connectivity index is 2.55. The normalized spacial score (nSPS) is 13.9. The van der Waals surface area contributed by atoms with E-state index in [2.05, 4.69) is 33.4 Å². The largest absolute Gasteiger partial charge is 0.468 e. The molecule has 0 fully saturated rings. The Kier molecular flexibility index (Phi) is 6.89. The molecule has 1 atom stereocenters. The topological polar surface area (TPSA) is 38.3 Å². The molecular formula is C14H20BrNO2S. The predicted octanol–water partition coefficient (Wildman–Crippen LogP) is 3.47. The Morgan fingerprint density at radius 2 is 2.26 bits per heavy atom. The summed E-state index contributed by atoms with van der Waals surface area (Å²) in [6.07, 6.45) is 0.727. The van der Waals surface area contributed by atoms with Gasteiger partial charge in [-0.3, -0.25) is 4.79 Å². The van der Waals surface area contributed by atoms with Crippen LogP contribution >= 0.6 is 27.7 Å². The fourth-order valence-electron chi connectivity index (χ4n) is 1.81. The third-order valence-electron chi connectivity index (χ3n) is 2.87. The van der Waals surface area contributed by atoms with Gasteiger partial charge in [-0.15, -0.1) is 11.8 Å². The second-order valence-electron chi connectivity index (χ2n) is 4.41. The molecule has 0 aromatic heterocycles. The van der Waals surface area contributed by atoms with E-state index in [1.165, 1.54) is 12.0 Å². The number of esters is 1. The molecule has 3 nitrogen and oxygen atoms in total. The van der Waals surface area contributed by atoms with Crippen LogP contribution in [0.25, 0.3) is 0 Å². The molecule has 1 N–H and O–H groups in total. The van der Waals surface area contributed by atoms with Crippen molar-refractivity contribution in [1.82, 2.24) is 5.32 Å². The first kappa shape index (κ1) is 16.5. The van der Waals surface area contributed by atoms with E-state index in [1.54, 1.807) is 11.8 Å². The number of carbonyl (C=O) groups excluding carboxylic acids is 1. The number of methoxy groups -OCH3 is 1. The van der Waals surface area contributed by atoms with Gasteiger partial charge in [-0.25, -0.2) is 0 Å². The summed E-state index contributed by atoms with van der Waals surface area (Å²) >= 11 is 5.19. The van der Waals surface area contributed by atoms with Crippen molar-refractivity contribution in [2.24, 2.45) is 0 Å². The molecule has 1 aromatic carbocycles. The number of rotatable bonds is 7. The Morgan fingerprint density at radius 1 is 1.53 bits per heavy atom. The molecule has 0 saturated carbocycles. The minimum Gasteiger partial charge on any atom is -0.468 e. The maximum absolute atomic E-state index is 11.8. The number of thioether (sulfide) groups is 1. The first-order chi connectivity index (χ1) is 9.01. The quantitative estimate of drug-likeness (QED) is 0.606. The van der Waals surface area contributed by atoms with Crippen LogP contribution in [0.1, 0.15) is 20.3 Å². The number of nitrogens with one attached hydrogen (secondary N) is 1. The Morgan fingerprint density at radius 3 is 2.84 bits per heavy atom. The Hall–Kier alpha value is -0.520. The van der Waals surface area contributed by atoms with Gasteiger partial charge in [-0.05, 0) is 38.1 Å². The third-order valence-corrected chi connectivity index (χ3v) is 4.36. The number of carbonyl (C=O) groups is 1. The lowest BCUT2D eigenvalue weighted by atomic mass is 9.99. The molecule has 0 aliphatic carbocycles. The number of hydrogen-bond donors (Lipinski definition) is 1. The van der Waals surface area contributed by atoms with Crippen LogP contribution in [-0.2, 0) is 9.53 Å². The number of hydrogen-bond acceptors (Lipinski definition) is 4. The van der Waals surface area contributed by atoms with Crippen molar-refractivity contribution in [2.75, 3.05) is 19.4 Å². The van der Waals surface area contributed by atoms with Gasteiger partial charge in [-0.2, -0.15) is 0 Å². The SMILES string of the molecule is CCNC(C)(CCSc1cccc(Br)c1)C(=O)OC. The molecule has 0 spiro atoms. The summed E-state index contributed by atoms with van der Waals surface area (Å²) in [5.41, 5.74) is -0.609. The Bertz CT molecular complexity index is 428. The van der Waals surface area contributed by atoms with Crippen LogP contribution in [0.15, 0.2) is 33.6 Å². The van der Waals surface area contributed by atoms with Crippen LogP contribution in [0.4, 0.5) is 0 Å². The molecule has 0 aliphatic rings. The highest BCUT2D eigenvalue weighted by atomic mass is 79.9. The fourth-order valence-corrected chi connectivity index (χ4v) is 3.49. The van der Waals surface area contributed by atoms with Crippen LogP contribution < -0.4 is 5.32 Å². The molecule has 106 valence electrons. The van der Waals surface area contributed by atoms with Crippen molar-refractivity contribution >= 4 is 33.7 Å². The zero-order valence-corrected chi connectivity index (χ0v) is 13.9. The first-order valence-electron chi connectivity index (χ1n) is 6.23. The van der Waals surface area contributed by atoms with Gasteiger partial charge in [0.05, 0.1) is 7.11 Å². The van der Waals surface area contributed by atoms with Crippen LogP contribution in [0.5, 0.6) is 0 Å². The second kappa shape index (κ2) is 7.92. The summed E-state index contributed by atoms with van der Waals surface area (Å²) in [4.78, 5) is 13.0. The van der Waals surface area contributed by atoms with Gasteiger partial charge in [0.2, 0.25) is 0 Å². The van der Waals surface area contributed by atoms with Crippen LogP contribution in [-0.4, -0.2) is 30.9 Å². The summed E-state index contributed by atoms with van der Waals surface area (Å²) in [6, 6.07) is 8.16. The van der Waals surface area contributed by atoms with E-state index < -0.39 is 5.54 Å². The zero-order valence-electron chi connectivity index (χ0n) is 11.5. The second-order valence-corrected chi connectivity index (χ2v) is 6.49. The standard InChI is InChI=1S/C14H20BrNO2S/c1-4-16-14(2,13(17)18-3)8-9-19-12-7-5-6-11(15)10-12/h5-7,10,16H,4,8-9H2,1-3H3. The maximum atomic E-state index is 11.8. The number of halogens is 1. The number of benzene rings is 1. The van der Waals surface area contributed by atoms with Gasteiger partial charge in [0.1, 0.15) is 5.54 Å². The van der Waals surface area contributed by atoms with Gasteiger partial charge in [0.15, 0.2) is 0 Å². The fraction of sp³-hybridized carbons (Fsp3) is 0.500. The molecular weight excluding hydrogens is 326 g/mol. The van der Waals surface area contributed by atoms with E-state index in [9.17, 15) is 4.79 Å². The van der Waals surface area contributed by atoms with Crippen molar-refractivity contribution < 1.29 is 9.53 Å². The average molecular weight is 346 g/mol. The maximum Gasteiger partial charge on any atom is 0.325 e. The average Bonchev–Trinajstić information content (AvgIpc) is 2.38. The van der Waals surface area contributed by atoms with Gasteiger partial charge in [0, 0.05) is 15.1 Å². The lowest BCUT2D eigenvalue weighted by Crippen LogP contribution is -2.50. The summed E-state index contributed by atoms with van der Waals surface area (Å²) < 4.78 is 5.94. The molecule has 1 aromatic rings. The molecule has 0 amide bonds. The van der Waals surface area contributed by atoms with E-state index >= 15 is 0 Å². The summed E-state index contributed by atoms with van der Waals surface area (Å²) in [5.74, 6) is 0.652. The van der Waals surface area contributed by atoms with Crippen LogP contribution in [0.2, 0.25) is 0 Å². The monoisotopic (exact) mass is 345 g/mol. The van der Waals surface area contributed by atoms with E-state index in [1.807, 2.05) is 26.0 Å². The van der Waals surface area contributed by atoms with E-state index in [0.29, 0.717) is 0 Å². The molecule has 5 heteroatoms. The highest BCUT2D eigenvalue weighted by molar-refractivity contribution is 9.10. The zero-order chi connectivity index (χ0) is 14.3. The molecule has 19 heavy (non-hydrogen) atoms. The molecule has 0 aliphatic heterocycles. The minimum atomic E-state index is -0.609. The van der Waals surface area contributed by atoms with Crippen molar-refractivity contribution in [3.8, 4) is 0 Å². The third kappa shape index (κ3) is 5.16. The predicted molar refractivity (Wildman–Crippen MR) is 83.6 cm³/mol. The van der Waals surface area contributed by atoms with Gasteiger partial charge >= 0.3 is 5.97 Å². The highest BCUT2D eigenvalue weighted by Gasteiger charge is 2.32. The van der Waals surface area contributed by atoms with Crippen molar-refractivity contribution in [1.29, 1.82) is 0 Å². The van der Waals surface area contributed by atoms with Crippen molar-refractivity contribution in [3.63, 3.8) is 0 Å². The van der Waals surface area contributed by atoms with E-state index in [-0.39, 0.29) is 5.97 Å². The molecule has 0 saturated heterocycles. The first-order valence-corrected chi connectivity index (χ1v) is 8.01.